The van der Waals surface area contributed by atoms with Crippen LogP contribution in [0.1, 0.15) is 24.5 Å². The van der Waals surface area contributed by atoms with Gasteiger partial charge in [0.1, 0.15) is 5.82 Å². The Hall–Kier alpha value is -2.63. The number of rotatable bonds is 3. The van der Waals surface area contributed by atoms with Gasteiger partial charge in [0, 0.05) is 37.0 Å². The van der Waals surface area contributed by atoms with Crippen LogP contribution >= 0.6 is 0 Å². The molecular weight excluding hydrogens is 293 g/mol. The summed E-state index contributed by atoms with van der Waals surface area (Å²) in [6.45, 7) is 1.90. The summed E-state index contributed by atoms with van der Waals surface area (Å²) in [6.07, 6.45) is 7.74. The average molecular weight is 311 g/mol. The maximum atomic E-state index is 13.0. The third-order valence-electron chi connectivity index (χ3n) is 4.44. The fourth-order valence-electron chi connectivity index (χ4n) is 3.12. The summed E-state index contributed by atoms with van der Waals surface area (Å²) in [4.78, 5) is 17.5. The number of benzene rings is 1. The third kappa shape index (κ3) is 2.84. The molecule has 3 aromatic rings. The van der Waals surface area contributed by atoms with E-state index in [-0.39, 0.29) is 5.82 Å². The monoisotopic (exact) mass is 311 g/mol. The van der Waals surface area contributed by atoms with Gasteiger partial charge in [0.25, 0.3) is 0 Å². The molecule has 2 aromatic heterocycles. The highest BCUT2D eigenvalue weighted by Gasteiger charge is 2.23. The highest BCUT2D eigenvalue weighted by Crippen LogP contribution is 2.29. The van der Waals surface area contributed by atoms with E-state index in [2.05, 4.69) is 24.8 Å². The van der Waals surface area contributed by atoms with E-state index < -0.39 is 0 Å². The summed E-state index contributed by atoms with van der Waals surface area (Å²) >= 11 is 0. The van der Waals surface area contributed by atoms with E-state index in [1.54, 1.807) is 18.5 Å². The molecule has 3 heterocycles. The van der Waals surface area contributed by atoms with Crippen molar-refractivity contribution in [3.8, 4) is 11.3 Å². The lowest BCUT2D eigenvalue weighted by molar-refractivity contribution is 0.493. The van der Waals surface area contributed by atoms with Gasteiger partial charge < -0.3 is 14.9 Å². The Bertz CT molecular complexity index is 755. The number of nitrogens with zero attached hydrogens (tertiary/aromatic N) is 3. The van der Waals surface area contributed by atoms with Crippen LogP contribution in [0.15, 0.2) is 43.0 Å². The number of anilines is 1. The number of piperidine rings is 1. The van der Waals surface area contributed by atoms with Gasteiger partial charge in [-0.1, -0.05) is 0 Å². The van der Waals surface area contributed by atoms with Gasteiger partial charge in [-0.3, -0.25) is 0 Å². The maximum absolute atomic E-state index is 13.0. The number of H-pyrrole nitrogens is 2. The van der Waals surface area contributed by atoms with Crippen LogP contribution in [0.5, 0.6) is 0 Å². The Labute approximate surface area is 133 Å². The molecule has 5 nitrogen and oxygen atoms in total. The number of hydrogen-bond acceptors (Lipinski definition) is 3. The molecule has 4 rings (SSSR count). The summed E-state index contributed by atoms with van der Waals surface area (Å²) in [5.41, 5.74) is 2.91. The van der Waals surface area contributed by atoms with Crippen LogP contribution in [0.4, 0.5) is 10.3 Å². The molecule has 0 aliphatic carbocycles. The summed E-state index contributed by atoms with van der Waals surface area (Å²) in [6, 6.07) is 6.41. The van der Waals surface area contributed by atoms with Crippen molar-refractivity contribution in [2.75, 3.05) is 18.0 Å². The Morgan fingerprint density at radius 3 is 2.57 bits per heavy atom. The minimum Gasteiger partial charge on any atom is -0.351 e. The van der Waals surface area contributed by atoms with E-state index in [1.807, 2.05) is 12.4 Å². The topological polar surface area (TPSA) is 60.6 Å². The highest BCUT2D eigenvalue weighted by atomic mass is 19.1. The zero-order valence-electron chi connectivity index (χ0n) is 12.7. The number of nitrogens with one attached hydrogen (secondary N) is 2. The molecule has 0 unspecified atom stereocenters. The van der Waals surface area contributed by atoms with Gasteiger partial charge >= 0.3 is 0 Å². The summed E-state index contributed by atoms with van der Waals surface area (Å²) < 4.78 is 13.0. The molecule has 1 saturated heterocycles. The van der Waals surface area contributed by atoms with E-state index in [0.29, 0.717) is 5.92 Å². The van der Waals surface area contributed by atoms with Crippen LogP contribution in [0.25, 0.3) is 11.3 Å². The van der Waals surface area contributed by atoms with Crippen molar-refractivity contribution in [3.63, 3.8) is 0 Å². The number of aromatic amines is 2. The van der Waals surface area contributed by atoms with E-state index in [0.717, 1.165) is 48.8 Å². The predicted octanol–water partition coefficient (Wildman–Crippen LogP) is 3.32. The molecule has 23 heavy (non-hydrogen) atoms. The predicted molar refractivity (Wildman–Crippen MR) is 86.8 cm³/mol. The number of hydrogen-bond donors (Lipinski definition) is 2. The van der Waals surface area contributed by atoms with E-state index in [9.17, 15) is 4.39 Å². The molecule has 1 aromatic carbocycles. The Balaban J connectivity index is 1.45. The second-order valence-corrected chi connectivity index (χ2v) is 5.87. The minimum absolute atomic E-state index is 0.232. The van der Waals surface area contributed by atoms with Crippen molar-refractivity contribution in [1.29, 1.82) is 0 Å². The second kappa shape index (κ2) is 5.87. The first-order valence-electron chi connectivity index (χ1n) is 7.84. The van der Waals surface area contributed by atoms with Crippen molar-refractivity contribution >= 4 is 5.95 Å². The summed E-state index contributed by atoms with van der Waals surface area (Å²) in [7, 11) is 0. The van der Waals surface area contributed by atoms with Gasteiger partial charge in [0.2, 0.25) is 5.95 Å². The van der Waals surface area contributed by atoms with Gasteiger partial charge in [-0.05, 0) is 37.1 Å². The Morgan fingerprint density at radius 1 is 1.09 bits per heavy atom. The maximum Gasteiger partial charge on any atom is 0.203 e. The molecule has 0 radical (unpaired) electrons. The molecule has 0 bridgehead atoms. The normalized spacial score (nSPS) is 16.0. The minimum atomic E-state index is -0.232. The lowest BCUT2D eigenvalue weighted by Gasteiger charge is -2.30. The van der Waals surface area contributed by atoms with Crippen LogP contribution in [-0.4, -0.2) is 33.0 Å². The van der Waals surface area contributed by atoms with Crippen LogP contribution in [0, 0.1) is 5.82 Å². The van der Waals surface area contributed by atoms with Gasteiger partial charge in [0.05, 0.1) is 17.7 Å². The first kappa shape index (κ1) is 14.0. The standard InChI is InChI=1S/C17H18FN5/c18-14-3-1-12(2-4-14)16-10-20-17(22-16)23-7-5-13(6-8-23)15-9-19-11-21-15/h1-4,9-11,13H,5-8H2,(H,19,21)(H,20,22). The SMILES string of the molecule is Fc1ccc(-c2c[nH]c(N3CCC(c4c[nH]cn4)CC3)n2)cc1. The number of halogens is 1. The van der Waals surface area contributed by atoms with Crippen molar-refractivity contribution in [2.24, 2.45) is 0 Å². The van der Waals surface area contributed by atoms with Gasteiger partial charge in [-0.2, -0.15) is 0 Å². The van der Waals surface area contributed by atoms with Crippen molar-refractivity contribution in [3.05, 3.63) is 54.5 Å². The van der Waals surface area contributed by atoms with Gasteiger partial charge in [0.15, 0.2) is 0 Å². The van der Waals surface area contributed by atoms with E-state index >= 15 is 0 Å². The first-order chi connectivity index (χ1) is 11.3. The zero-order valence-corrected chi connectivity index (χ0v) is 12.7. The molecular formula is C17H18FN5. The van der Waals surface area contributed by atoms with E-state index in [1.165, 1.54) is 12.1 Å². The highest BCUT2D eigenvalue weighted by molar-refractivity contribution is 5.60. The first-order valence-corrected chi connectivity index (χ1v) is 7.84. The smallest absolute Gasteiger partial charge is 0.203 e. The number of aromatic nitrogens is 4. The molecule has 2 N–H and O–H groups in total. The Kier molecular flexibility index (Phi) is 3.57. The summed E-state index contributed by atoms with van der Waals surface area (Å²) in [5, 5.41) is 0. The van der Waals surface area contributed by atoms with Crippen LogP contribution in [0.3, 0.4) is 0 Å². The molecule has 0 amide bonds. The van der Waals surface area contributed by atoms with E-state index in [4.69, 9.17) is 0 Å². The largest absolute Gasteiger partial charge is 0.351 e. The molecule has 0 atom stereocenters. The van der Waals surface area contributed by atoms with Gasteiger partial charge in [-0.15, -0.1) is 0 Å². The fourth-order valence-corrected chi connectivity index (χ4v) is 3.12. The molecule has 1 fully saturated rings. The van der Waals surface area contributed by atoms with Crippen molar-refractivity contribution in [2.45, 2.75) is 18.8 Å². The zero-order chi connectivity index (χ0) is 15.6. The Morgan fingerprint density at radius 2 is 1.87 bits per heavy atom. The lowest BCUT2D eigenvalue weighted by atomic mass is 9.94. The van der Waals surface area contributed by atoms with Crippen LogP contribution in [-0.2, 0) is 0 Å². The molecule has 1 aliphatic heterocycles. The lowest BCUT2D eigenvalue weighted by Crippen LogP contribution is -2.33. The van der Waals surface area contributed by atoms with Crippen LogP contribution in [0.2, 0.25) is 0 Å². The average Bonchev–Trinajstić information content (AvgIpc) is 3.28. The summed E-state index contributed by atoms with van der Waals surface area (Å²) in [5.74, 6) is 1.17. The van der Waals surface area contributed by atoms with Crippen LogP contribution < -0.4 is 4.90 Å². The fraction of sp³-hybridized carbons (Fsp3) is 0.294. The second-order valence-electron chi connectivity index (χ2n) is 5.87. The number of imidazole rings is 2. The van der Waals surface area contributed by atoms with Gasteiger partial charge in [-0.25, -0.2) is 14.4 Å². The quantitative estimate of drug-likeness (QED) is 0.780. The van der Waals surface area contributed by atoms with Crippen molar-refractivity contribution < 1.29 is 4.39 Å². The van der Waals surface area contributed by atoms with Crippen molar-refractivity contribution in [1.82, 2.24) is 19.9 Å². The molecule has 0 saturated carbocycles. The molecule has 1 aliphatic rings. The molecule has 0 spiro atoms. The molecule has 118 valence electrons. The third-order valence-corrected chi connectivity index (χ3v) is 4.44. The molecule has 6 heteroatoms.